The topological polar surface area (TPSA) is 66.2 Å². The Hall–Kier alpha value is -1.97. The molecule has 2 aromatic rings. The number of aromatic nitrogens is 1. The SMILES string of the molecule is Cc1[nH]c(=O)oc1-c1cccc(O)c1. The molecule has 0 saturated heterocycles. The lowest BCUT2D eigenvalue weighted by atomic mass is 10.1. The molecule has 2 N–H and O–H groups in total. The van der Waals surface area contributed by atoms with Gasteiger partial charge >= 0.3 is 5.76 Å². The molecule has 1 aromatic heterocycles. The number of aromatic amines is 1. The molecule has 0 bridgehead atoms. The number of phenols is 1. The highest BCUT2D eigenvalue weighted by Gasteiger charge is 2.08. The first-order valence-electron chi connectivity index (χ1n) is 4.16. The number of hydrogen-bond donors (Lipinski definition) is 2. The van der Waals surface area contributed by atoms with Gasteiger partial charge in [0.2, 0.25) is 0 Å². The zero-order valence-electron chi connectivity index (χ0n) is 7.57. The molecule has 14 heavy (non-hydrogen) atoms. The second kappa shape index (κ2) is 3.06. The smallest absolute Gasteiger partial charge is 0.417 e. The summed E-state index contributed by atoms with van der Waals surface area (Å²) in [5.41, 5.74) is 1.33. The molecule has 0 aliphatic heterocycles. The zero-order valence-corrected chi connectivity index (χ0v) is 7.57. The molecule has 1 aromatic carbocycles. The number of rotatable bonds is 1. The number of H-pyrrole nitrogens is 1. The van der Waals surface area contributed by atoms with Gasteiger partial charge in [0.15, 0.2) is 5.76 Å². The first-order chi connectivity index (χ1) is 6.66. The first-order valence-corrected chi connectivity index (χ1v) is 4.16. The minimum absolute atomic E-state index is 0.144. The molecular formula is C10H9NO3. The fourth-order valence-corrected chi connectivity index (χ4v) is 1.33. The third kappa shape index (κ3) is 1.42. The van der Waals surface area contributed by atoms with Gasteiger partial charge in [0.25, 0.3) is 0 Å². The predicted molar refractivity (Wildman–Crippen MR) is 51.2 cm³/mol. The number of benzene rings is 1. The van der Waals surface area contributed by atoms with E-state index in [0.29, 0.717) is 17.0 Å². The van der Waals surface area contributed by atoms with E-state index in [4.69, 9.17) is 4.42 Å². The Bertz CT molecular complexity index is 510. The molecular weight excluding hydrogens is 182 g/mol. The van der Waals surface area contributed by atoms with E-state index in [-0.39, 0.29) is 5.75 Å². The maximum atomic E-state index is 10.9. The van der Waals surface area contributed by atoms with Crippen LogP contribution in [-0.2, 0) is 0 Å². The fraction of sp³-hybridized carbons (Fsp3) is 0.100. The summed E-state index contributed by atoms with van der Waals surface area (Å²) in [6, 6.07) is 6.55. The second-order valence-corrected chi connectivity index (χ2v) is 3.02. The van der Waals surface area contributed by atoms with Gasteiger partial charge in [-0.05, 0) is 19.1 Å². The van der Waals surface area contributed by atoms with E-state index in [1.807, 2.05) is 0 Å². The summed E-state index contributed by atoms with van der Waals surface area (Å²) < 4.78 is 4.93. The number of aryl methyl sites for hydroxylation is 1. The number of nitrogens with one attached hydrogen (secondary N) is 1. The van der Waals surface area contributed by atoms with E-state index in [1.165, 1.54) is 0 Å². The van der Waals surface area contributed by atoms with Crippen molar-refractivity contribution in [3.05, 3.63) is 40.5 Å². The lowest BCUT2D eigenvalue weighted by Crippen LogP contribution is -1.94. The molecule has 0 aliphatic rings. The van der Waals surface area contributed by atoms with Crippen molar-refractivity contribution >= 4 is 0 Å². The Morgan fingerprint density at radius 2 is 2.21 bits per heavy atom. The van der Waals surface area contributed by atoms with E-state index in [2.05, 4.69) is 4.98 Å². The number of oxazole rings is 1. The summed E-state index contributed by atoms with van der Waals surface area (Å²) in [5, 5.41) is 9.24. The number of aromatic hydroxyl groups is 1. The average Bonchev–Trinajstić information content (AvgIpc) is 2.45. The second-order valence-electron chi connectivity index (χ2n) is 3.02. The minimum Gasteiger partial charge on any atom is -0.508 e. The Balaban J connectivity index is 2.59. The minimum atomic E-state index is -0.485. The van der Waals surface area contributed by atoms with Gasteiger partial charge in [-0.1, -0.05) is 12.1 Å². The van der Waals surface area contributed by atoms with Crippen LogP contribution < -0.4 is 5.76 Å². The van der Waals surface area contributed by atoms with Crippen molar-refractivity contribution in [2.45, 2.75) is 6.92 Å². The van der Waals surface area contributed by atoms with Crippen LogP contribution in [-0.4, -0.2) is 10.1 Å². The molecule has 0 radical (unpaired) electrons. The van der Waals surface area contributed by atoms with E-state index in [0.717, 1.165) is 0 Å². The van der Waals surface area contributed by atoms with Gasteiger partial charge in [-0.25, -0.2) is 4.79 Å². The van der Waals surface area contributed by atoms with Crippen LogP contribution in [0.5, 0.6) is 5.75 Å². The van der Waals surface area contributed by atoms with Gasteiger partial charge in [0, 0.05) is 5.56 Å². The standard InChI is InChI=1S/C10H9NO3/c1-6-9(14-10(13)11-6)7-3-2-4-8(12)5-7/h2-5,12H,1H3,(H,11,13). The van der Waals surface area contributed by atoms with Crippen molar-refractivity contribution in [3.8, 4) is 17.1 Å². The molecule has 0 aliphatic carbocycles. The molecule has 72 valence electrons. The molecule has 4 nitrogen and oxygen atoms in total. The molecule has 0 atom stereocenters. The van der Waals surface area contributed by atoms with Crippen molar-refractivity contribution in [3.63, 3.8) is 0 Å². The third-order valence-electron chi connectivity index (χ3n) is 1.93. The van der Waals surface area contributed by atoms with Crippen LogP contribution in [0.25, 0.3) is 11.3 Å². The van der Waals surface area contributed by atoms with E-state index >= 15 is 0 Å². The summed E-state index contributed by atoms with van der Waals surface area (Å²) in [5.74, 6) is 0.123. The summed E-state index contributed by atoms with van der Waals surface area (Å²) >= 11 is 0. The van der Waals surface area contributed by atoms with Crippen molar-refractivity contribution in [2.75, 3.05) is 0 Å². The number of hydrogen-bond acceptors (Lipinski definition) is 3. The third-order valence-corrected chi connectivity index (χ3v) is 1.93. The van der Waals surface area contributed by atoms with Gasteiger partial charge in [0.1, 0.15) is 5.75 Å². The van der Waals surface area contributed by atoms with Gasteiger partial charge in [-0.15, -0.1) is 0 Å². The van der Waals surface area contributed by atoms with E-state index in [1.54, 1.807) is 31.2 Å². The van der Waals surface area contributed by atoms with Crippen LogP contribution >= 0.6 is 0 Å². The average molecular weight is 191 g/mol. The highest BCUT2D eigenvalue weighted by molar-refractivity contribution is 5.61. The normalized spacial score (nSPS) is 10.4. The van der Waals surface area contributed by atoms with Crippen LogP contribution in [0.2, 0.25) is 0 Å². The van der Waals surface area contributed by atoms with Crippen LogP contribution in [0.1, 0.15) is 5.69 Å². The summed E-state index contributed by atoms with van der Waals surface area (Å²) in [6.45, 7) is 1.74. The molecule has 0 unspecified atom stereocenters. The lowest BCUT2D eigenvalue weighted by molar-refractivity contribution is 0.474. The highest BCUT2D eigenvalue weighted by Crippen LogP contribution is 2.23. The molecule has 0 spiro atoms. The maximum Gasteiger partial charge on any atom is 0.417 e. The van der Waals surface area contributed by atoms with E-state index in [9.17, 15) is 9.90 Å². The number of phenolic OH excluding ortho intramolecular Hbond substituents is 1. The molecule has 0 fully saturated rings. The Morgan fingerprint density at radius 3 is 2.79 bits per heavy atom. The van der Waals surface area contributed by atoms with Crippen LogP contribution in [0.4, 0.5) is 0 Å². The summed E-state index contributed by atoms with van der Waals surface area (Å²) in [4.78, 5) is 13.4. The molecule has 0 amide bonds. The van der Waals surface area contributed by atoms with Gasteiger partial charge in [-0.2, -0.15) is 0 Å². The first kappa shape index (κ1) is 8.62. The molecule has 0 saturated carbocycles. The van der Waals surface area contributed by atoms with Gasteiger partial charge < -0.3 is 9.52 Å². The monoisotopic (exact) mass is 191 g/mol. The van der Waals surface area contributed by atoms with Crippen molar-refractivity contribution < 1.29 is 9.52 Å². The quantitative estimate of drug-likeness (QED) is 0.720. The lowest BCUT2D eigenvalue weighted by Gasteiger charge is -1.97. The maximum absolute atomic E-state index is 10.9. The molecule has 1 heterocycles. The summed E-state index contributed by atoms with van der Waals surface area (Å²) in [6.07, 6.45) is 0. The molecule has 2 rings (SSSR count). The Morgan fingerprint density at radius 1 is 1.43 bits per heavy atom. The van der Waals surface area contributed by atoms with Gasteiger partial charge in [-0.3, -0.25) is 4.98 Å². The Labute approximate surface area is 79.8 Å². The molecule has 4 heteroatoms. The summed E-state index contributed by atoms with van der Waals surface area (Å²) in [7, 11) is 0. The van der Waals surface area contributed by atoms with Crippen molar-refractivity contribution in [2.24, 2.45) is 0 Å². The van der Waals surface area contributed by atoms with Crippen molar-refractivity contribution in [1.29, 1.82) is 0 Å². The highest BCUT2D eigenvalue weighted by atomic mass is 16.4. The largest absolute Gasteiger partial charge is 0.508 e. The van der Waals surface area contributed by atoms with Gasteiger partial charge in [0.05, 0.1) is 5.69 Å². The Kier molecular flexibility index (Phi) is 1.89. The predicted octanol–water partition coefficient (Wildman–Crippen LogP) is 1.65. The van der Waals surface area contributed by atoms with Crippen LogP contribution in [0, 0.1) is 6.92 Å². The van der Waals surface area contributed by atoms with Crippen LogP contribution in [0.3, 0.4) is 0 Å². The zero-order chi connectivity index (χ0) is 10.1. The van der Waals surface area contributed by atoms with E-state index < -0.39 is 5.76 Å². The fourth-order valence-electron chi connectivity index (χ4n) is 1.33. The van der Waals surface area contributed by atoms with Crippen LogP contribution in [0.15, 0.2) is 33.5 Å². The van der Waals surface area contributed by atoms with Crippen molar-refractivity contribution in [1.82, 2.24) is 4.98 Å².